The van der Waals surface area contributed by atoms with Gasteiger partial charge in [0.2, 0.25) is 5.06 Å². The molecule has 158 valence electrons. The van der Waals surface area contributed by atoms with Crippen LogP contribution in [-0.2, 0) is 13.1 Å². The van der Waals surface area contributed by atoms with Crippen molar-refractivity contribution in [1.82, 2.24) is 20.1 Å². The Bertz CT molecular complexity index is 961. The molecule has 2 aromatic heterocycles. The quantitative estimate of drug-likeness (QED) is 0.538. The maximum atomic E-state index is 12.1. The number of aromatic nitrogens is 3. The number of rotatable bonds is 7. The maximum absolute atomic E-state index is 12.1. The molecule has 3 aromatic rings. The highest BCUT2D eigenvalue weighted by atomic mass is 32.1. The molecule has 7 heteroatoms. The van der Waals surface area contributed by atoms with Gasteiger partial charge in [-0.1, -0.05) is 73.8 Å². The van der Waals surface area contributed by atoms with E-state index in [0.717, 1.165) is 28.7 Å². The highest BCUT2D eigenvalue weighted by Crippen LogP contribution is 2.33. The number of nitrogens with one attached hydrogen (secondary N) is 1. The Morgan fingerprint density at radius 3 is 2.80 bits per heavy atom. The van der Waals surface area contributed by atoms with E-state index in [1.165, 1.54) is 49.9 Å². The summed E-state index contributed by atoms with van der Waals surface area (Å²) in [5.41, 5.74) is 2.54. The van der Waals surface area contributed by atoms with Gasteiger partial charge in [-0.05, 0) is 30.9 Å². The van der Waals surface area contributed by atoms with Gasteiger partial charge in [-0.25, -0.2) is 9.78 Å². The second-order valence-corrected chi connectivity index (χ2v) is 8.84. The third-order valence-corrected chi connectivity index (χ3v) is 6.63. The van der Waals surface area contributed by atoms with Crippen molar-refractivity contribution >= 4 is 17.4 Å². The van der Waals surface area contributed by atoms with Gasteiger partial charge in [-0.15, -0.1) is 0 Å². The van der Waals surface area contributed by atoms with Gasteiger partial charge < -0.3 is 10.1 Å². The van der Waals surface area contributed by atoms with Crippen LogP contribution in [0.3, 0.4) is 0 Å². The summed E-state index contributed by atoms with van der Waals surface area (Å²) in [6.45, 7) is 3.22. The fraction of sp³-hybridized carbons (Fsp3) is 0.435. The van der Waals surface area contributed by atoms with Crippen molar-refractivity contribution in [1.29, 1.82) is 0 Å². The molecule has 1 aliphatic rings. The largest absolute Gasteiger partial charge is 0.413 e. The minimum Gasteiger partial charge on any atom is -0.397 e. The average Bonchev–Trinajstić information content (AvgIpc) is 3.39. The first-order valence-electron chi connectivity index (χ1n) is 10.7. The van der Waals surface area contributed by atoms with Gasteiger partial charge >= 0.3 is 6.09 Å². The second-order valence-electron chi connectivity index (χ2n) is 7.88. The number of hydrogen-bond acceptors (Lipinski definition) is 5. The van der Waals surface area contributed by atoms with Crippen LogP contribution < -0.4 is 10.1 Å². The molecule has 1 N–H and O–H groups in total. The topological polar surface area (TPSA) is 69.0 Å². The van der Waals surface area contributed by atoms with E-state index >= 15 is 0 Å². The third-order valence-electron chi connectivity index (χ3n) is 5.57. The summed E-state index contributed by atoms with van der Waals surface area (Å²) in [6, 6.07) is 11.7. The number of hydrogen-bond donors (Lipinski definition) is 1. The van der Waals surface area contributed by atoms with Gasteiger partial charge in [0, 0.05) is 19.3 Å². The summed E-state index contributed by atoms with van der Waals surface area (Å²) in [7, 11) is 0. The Hall–Kier alpha value is -2.67. The van der Waals surface area contributed by atoms with Crippen molar-refractivity contribution in [2.24, 2.45) is 5.92 Å². The molecule has 0 spiro atoms. The molecule has 0 bridgehead atoms. The normalized spacial score (nSPS) is 14.6. The number of benzene rings is 1. The standard InChI is InChI=1S/C23H28N4O2S/c1-17-22(29-23(28)24-16-19-10-6-3-7-11-19)30-21(25-17)20-13-15-27(26-20)14-12-18-8-4-2-5-9-18/h3,6-7,10-11,13,15,18H,2,4-5,8-9,12,14,16H2,1H3,(H,24,28). The summed E-state index contributed by atoms with van der Waals surface area (Å²) in [5.74, 6) is 0.836. The molecular weight excluding hydrogens is 396 g/mol. The van der Waals surface area contributed by atoms with Crippen LogP contribution in [0.1, 0.15) is 49.8 Å². The maximum Gasteiger partial charge on any atom is 0.413 e. The molecule has 0 saturated heterocycles. The molecular formula is C23H28N4O2S. The Kier molecular flexibility index (Phi) is 6.79. The summed E-state index contributed by atoms with van der Waals surface area (Å²) < 4.78 is 7.48. The number of ether oxygens (including phenoxy) is 1. The summed E-state index contributed by atoms with van der Waals surface area (Å²) in [5, 5.41) is 8.74. The fourth-order valence-electron chi connectivity index (χ4n) is 3.87. The highest BCUT2D eigenvalue weighted by Gasteiger charge is 2.17. The zero-order valence-corrected chi connectivity index (χ0v) is 18.2. The van der Waals surface area contributed by atoms with Crippen LogP contribution in [0.5, 0.6) is 5.06 Å². The third kappa shape index (κ3) is 5.48. The van der Waals surface area contributed by atoms with Gasteiger partial charge in [-0.2, -0.15) is 5.10 Å². The van der Waals surface area contributed by atoms with Crippen molar-refractivity contribution < 1.29 is 9.53 Å². The lowest BCUT2D eigenvalue weighted by Crippen LogP contribution is -2.26. The van der Waals surface area contributed by atoms with E-state index in [9.17, 15) is 4.79 Å². The molecule has 0 atom stereocenters. The number of aryl methyl sites for hydroxylation is 2. The zero-order chi connectivity index (χ0) is 20.8. The van der Waals surface area contributed by atoms with Gasteiger partial charge in [0.05, 0.1) is 5.69 Å². The van der Waals surface area contributed by atoms with Gasteiger partial charge in [0.15, 0.2) is 0 Å². The summed E-state index contributed by atoms with van der Waals surface area (Å²) in [4.78, 5) is 16.7. The van der Waals surface area contributed by atoms with Crippen LogP contribution in [0.25, 0.3) is 10.7 Å². The minimum atomic E-state index is -0.477. The summed E-state index contributed by atoms with van der Waals surface area (Å²) >= 11 is 1.35. The van der Waals surface area contributed by atoms with Crippen LogP contribution >= 0.6 is 11.3 Å². The molecule has 1 aliphatic carbocycles. The van der Waals surface area contributed by atoms with E-state index in [4.69, 9.17) is 4.74 Å². The van der Waals surface area contributed by atoms with Crippen molar-refractivity contribution in [3.05, 3.63) is 53.9 Å². The lowest BCUT2D eigenvalue weighted by atomic mass is 9.87. The first-order valence-corrected chi connectivity index (χ1v) is 11.5. The van der Waals surface area contributed by atoms with Crippen molar-refractivity contribution in [2.75, 3.05) is 0 Å². The van der Waals surface area contributed by atoms with Crippen LogP contribution in [0, 0.1) is 12.8 Å². The predicted octanol–water partition coefficient (Wildman–Crippen LogP) is 5.57. The van der Waals surface area contributed by atoms with E-state index in [0.29, 0.717) is 17.3 Å². The molecule has 1 fully saturated rings. The Morgan fingerprint density at radius 1 is 1.20 bits per heavy atom. The molecule has 4 rings (SSSR count). The van der Waals surface area contributed by atoms with Gasteiger partial charge in [0.25, 0.3) is 0 Å². The number of nitrogens with zero attached hydrogens (tertiary/aromatic N) is 3. The van der Waals surface area contributed by atoms with Crippen LogP contribution in [0.2, 0.25) is 0 Å². The smallest absolute Gasteiger partial charge is 0.397 e. The second kappa shape index (κ2) is 9.89. The minimum absolute atomic E-state index is 0.426. The first-order chi connectivity index (χ1) is 14.7. The van der Waals surface area contributed by atoms with E-state index in [-0.39, 0.29) is 0 Å². The molecule has 6 nitrogen and oxygen atoms in total. The Labute approximate surface area is 181 Å². The molecule has 0 unspecified atom stereocenters. The lowest BCUT2D eigenvalue weighted by Gasteiger charge is -2.21. The van der Waals surface area contributed by atoms with Crippen molar-refractivity contribution in [3.8, 4) is 15.8 Å². The van der Waals surface area contributed by atoms with E-state index in [1.54, 1.807) is 0 Å². The van der Waals surface area contributed by atoms with E-state index in [1.807, 2.05) is 54.2 Å². The molecule has 1 saturated carbocycles. The molecule has 1 amide bonds. The van der Waals surface area contributed by atoms with Crippen LogP contribution in [0.15, 0.2) is 42.6 Å². The average molecular weight is 425 g/mol. The SMILES string of the molecule is Cc1nc(-c2ccn(CCC3CCCCC3)n2)sc1OC(=O)NCc1ccccc1. The lowest BCUT2D eigenvalue weighted by molar-refractivity contribution is 0.201. The van der Waals surface area contributed by atoms with Crippen molar-refractivity contribution in [3.63, 3.8) is 0 Å². The molecule has 0 radical (unpaired) electrons. The zero-order valence-electron chi connectivity index (χ0n) is 17.3. The highest BCUT2D eigenvalue weighted by molar-refractivity contribution is 7.17. The first kappa shape index (κ1) is 20.6. The molecule has 30 heavy (non-hydrogen) atoms. The van der Waals surface area contributed by atoms with Gasteiger partial charge in [0.1, 0.15) is 10.7 Å². The summed E-state index contributed by atoms with van der Waals surface area (Å²) in [6.07, 6.45) is 9.57. The van der Waals surface area contributed by atoms with Crippen LogP contribution in [-0.4, -0.2) is 20.9 Å². The Morgan fingerprint density at radius 2 is 2.00 bits per heavy atom. The predicted molar refractivity (Wildman–Crippen MR) is 119 cm³/mol. The molecule has 0 aliphatic heterocycles. The number of thiazole rings is 1. The molecule has 1 aromatic carbocycles. The Balaban J connectivity index is 1.32. The fourth-order valence-corrected chi connectivity index (χ4v) is 4.75. The van der Waals surface area contributed by atoms with E-state index in [2.05, 4.69) is 15.4 Å². The van der Waals surface area contributed by atoms with Crippen molar-refractivity contribution in [2.45, 2.75) is 58.5 Å². The number of amides is 1. The van der Waals surface area contributed by atoms with Crippen LogP contribution in [0.4, 0.5) is 4.79 Å². The molecule has 2 heterocycles. The number of carbonyl (C=O) groups excluding carboxylic acids is 1. The monoisotopic (exact) mass is 424 g/mol. The van der Waals surface area contributed by atoms with E-state index < -0.39 is 6.09 Å². The number of carbonyl (C=O) groups is 1. The van der Waals surface area contributed by atoms with Gasteiger partial charge in [-0.3, -0.25) is 4.68 Å².